The van der Waals surface area contributed by atoms with Crippen LogP contribution in [0.1, 0.15) is 52.8 Å². The van der Waals surface area contributed by atoms with E-state index in [1.807, 2.05) is 76.6 Å². The Hall–Kier alpha value is -2.65. The first-order valence-electron chi connectivity index (χ1n) is 11.0. The van der Waals surface area contributed by atoms with E-state index >= 15 is 0 Å². The van der Waals surface area contributed by atoms with Crippen LogP contribution in [0.5, 0.6) is 0 Å². The molecule has 0 saturated heterocycles. The number of nitrogens with zero attached hydrogens (tertiary/aromatic N) is 3. The van der Waals surface area contributed by atoms with Gasteiger partial charge in [0.05, 0.1) is 11.8 Å². The Bertz CT molecular complexity index is 1180. The van der Waals surface area contributed by atoms with Gasteiger partial charge in [0.25, 0.3) is 5.91 Å². The SMILES string of the molecule is Cc1cccc(C(=O)N[C@H](c2nnc(SCC(=O)Nc3c(C)cc(Br)cc3C)n2C)C(C)C)c1. The van der Waals surface area contributed by atoms with Crippen molar-refractivity contribution in [3.05, 3.63) is 68.9 Å². The van der Waals surface area contributed by atoms with Crippen molar-refractivity contribution in [1.29, 1.82) is 0 Å². The lowest BCUT2D eigenvalue weighted by Crippen LogP contribution is -2.33. The van der Waals surface area contributed by atoms with E-state index in [0.717, 1.165) is 26.9 Å². The number of nitrogens with one attached hydrogen (secondary N) is 2. The van der Waals surface area contributed by atoms with Crippen LogP contribution in [0, 0.1) is 26.7 Å². The van der Waals surface area contributed by atoms with E-state index in [9.17, 15) is 9.59 Å². The summed E-state index contributed by atoms with van der Waals surface area (Å²) >= 11 is 4.79. The standard InChI is InChI=1S/C25H30BrN5O2S/c1-14(2)21(28-24(33)18-9-7-8-15(3)10-18)23-29-30-25(31(23)6)34-13-20(32)27-22-16(4)11-19(26)12-17(22)5/h7-12,14,21H,13H2,1-6H3,(H,27,32)(H,28,33)/t21-/m0/s1. The molecule has 0 spiro atoms. The van der Waals surface area contributed by atoms with Crippen molar-refractivity contribution in [2.75, 3.05) is 11.1 Å². The molecule has 0 bridgehead atoms. The Balaban J connectivity index is 1.69. The Morgan fingerprint density at radius 2 is 1.76 bits per heavy atom. The summed E-state index contributed by atoms with van der Waals surface area (Å²) in [7, 11) is 1.85. The lowest BCUT2D eigenvalue weighted by molar-refractivity contribution is -0.113. The summed E-state index contributed by atoms with van der Waals surface area (Å²) in [5.41, 5.74) is 4.45. The summed E-state index contributed by atoms with van der Waals surface area (Å²) in [5, 5.41) is 15.3. The summed E-state index contributed by atoms with van der Waals surface area (Å²) < 4.78 is 2.82. The van der Waals surface area contributed by atoms with Crippen LogP contribution in [0.2, 0.25) is 0 Å². The van der Waals surface area contributed by atoms with Gasteiger partial charge in [-0.1, -0.05) is 59.2 Å². The molecule has 3 rings (SSSR count). The monoisotopic (exact) mass is 543 g/mol. The third kappa shape index (κ3) is 6.27. The molecular weight excluding hydrogens is 514 g/mol. The van der Waals surface area contributed by atoms with E-state index in [1.165, 1.54) is 11.8 Å². The van der Waals surface area contributed by atoms with Crippen LogP contribution in [0.15, 0.2) is 46.0 Å². The van der Waals surface area contributed by atoms with Crippen molar-refractivity contribution in [3.63, 3.8) is 0 Å². The smallest absolute Gasteiger partial charge is 0.251 e. The maximum absolute atomic E-state index is 12.8. The molecule has 0 radical (unpaired) electrons. The number of benzene rings is 2. The Morgan fingerprint density at radius 3 is 2.38 bits per heavy atom. The lowest BCUT2D eigenvalue weighted by atomic mass is 10.0. The summed E-state index contributed by atoms with van der Waals surface area (Å²) in [6.45, 7) is 9.94. The van der Waals surface area contributed by atoms with Crippen LogP contribution in [-0.4, -0.2) is 32.3 Å². The van der Waals surface area contributed by atoms with E-state index in [4.69, 9.17) is 0 Å². The van der Waals surface area contributed by atoms with Crippen molar-refractivity contribution >= 4 is 45.2 Å². The molecule has 0 aliphatic rings. The number of carbonyl (C=O) groups is 2. The molecule has 7 nitrogen and oxygen atoms in total. The quantitative estimate of drug-likeness (QED) is 0.373. The third-order valence-corrected chi connectivity index (χ3v) is 6.95. The number of amides is 2. The van der Waals surface area contributed by atoms with Gasteiger partial charge in [-0.15, -0.1) is 10.2 Å². The van der Waals surface area contributed by atoms with Crippen LogP contribution in [0.4, 0.5) is 5.69 Å². The molecule has 0 fully saturated rings. The fraction of sp³-hybridized carbons (Fsp3) is 0.360. The fourth-order valence-electron chi connectivity index (χ4n) is 3.68. The summed E-state index contributed by atoms with van der Waals surface area (Å²) in [6.07, 6.45) is 0. The molecule has 2 N–H and O–H groups in total. The Morgan fingerprint density at radius 1 is 1.09 bits per heavy atom. The van der Waals surface area contributed by atoms with Crippen LogP contribution in [0.25, 0.3) is 0 Å². The second kappa shape index (κ2) is 11.2. The largest absolute Gasteiger partial charge is 0.342 e. The molecule has 1 heterocycles. The predicted molar refractivity (Wildman–Crippen MR) is 140 cm³/mol. The maximum atomic E-state index is 12.8. The van der Waals surface area contributed by atoms with Gasteiger partial charge in [-0.2, -0.15) is 0 Å². The molecular formula is C25H30BrN5O2S. The van der Waals surface area contributed by atoms with E-state index < -0.39 is 0 Å². The first-order chi connectivity index (χ1) is 16.1. The van der Waals surface area contributed by atoms with Gasteiger partial charge in [-0.3, -0.25) is 9.59 Å². The minimum absolute atomic E-state index is 0.0983. The first kappa shape index (κ1) is 26.0. The average Bonchev–Trinajstić information content (AvgIpc) is 3.12. The number of halogens is 1. The van der Waals surface area contributed by atoms with Crippen LogP contribution >= 0.6 is 27.7 Å². The van der Waals surface area contributed by atoms with E-state index in [0.29, 0.717) is 16.5 Å². The predicted octanol–water partition coefficient (Wildman–Crippen LogP) is 5.36. The number of rotatable bonds is 8. The summed E-state index contributed by atoms with van der Waals surface area (Å²) in [6, 6.07) is 11.1. The number of carbonyl (C=O) groups excluding carboxylic acids is 2. The highest BCUT2D eigenvalue weighted by Gasteiger charge is 2.25. The minimum atomic E-state index is -0.318. The molecule has 2 amide bonds. The van der Waals surface area contributed by atoms with Gasteiger partial charge in [0, 0.05) is 22.8 Å². The molecule has 0 aliphatic carbocycles. The zero-order valence-electron chi connectivity index (χ0n) is 20.3. The van der Waals surface area contributed by atoms with Crippen LogP contribution < -0.4 is 10.6 Å². The second-order valence-corrected chi connectivity index (χ2v) is 10.6. The average molecular weight is 545 g/mol. The zero-order chi connectivity index (χ0) is 25.0. The number of hydrogen-bond acceptors (Lipinski definition) is 5. The molecule has 34 heavy (non-hydrogen) atoms. The van der Waals surface area contributed by atoms with Gasteiger partial charge < -0.3 is 15.2 Å². The van der Waals surface area contributed by atoms with E-state index in [1.54, 1.807) is 6.07 Å². The zero-order valence-corrected chi connectivity index (χ0v) is 22.7. The molecule has 0 unspecified atom stereocenters. The fourth-order valence-corrected chi connectivity index (χ4v) is 5.08. The number of hydrogen-bond donors (Lipinski definition) is 2. The Labute approximate surface area is 213 Å². The summed E-state index contributed by atoms with van der Waals surface area (Å²) in [5.74, 6) is 0.679. The molecule has 9 heteroatoms. The molecule has 1 aromatic heterocycles. The number of aromatic nitrogens is 3. The van der Waals surface area contributed by atoms with Gasteiger partial charge in [-0.05, 0) is 62.1 Å². The van der Waals surface area contributed by atoms with Gasteiger partial charge in [0.2, 0.25) is 5.91 Å². The highest BCUT2D eigenvalue weighted by Crippen LogP contribution is 2.27. The molecule has 0 saturated carbocycles. The first-order valence-corrected chi connectivity index (χ1v) is 12.8. The van der Waals surface area contributed by atoms with Gasteiger partial charge in [0.1, 0.15) is 0 Å². The number of aryl methyl sites for hydroxylation is 3. The van der Waals surface area contributed by atoms with E-state index in [-0.39, 0.29) is 29.5 Å². The normalized spacial score (nSPS) is 12.0. The number of thioether (sulfide) groups is 1. The molecule has 3 aromatic rings. The minimum Gasteiger partial charge on any atom is -0.342 e. The lowest BCUT2D eigenvalue weighted by Gasteiger charge is -2.22. The second-order valence-electron chi connectivity index (χ2n) is 8.72. The molecule has 2 aromatic carbocycles. The van der Waals surface area contributed by atoms with Crippen molar-refractivity contribution in [1.82, 2.24) is 20.1 Å². The number of anilines is 1. The van der Waals surface area contributed by atoms with Gasteiger partial charge >= 0.3 is 0 Å². The molecule has 0 aliphatic heterocycles. The molecule has 1 atom stereocenters. The van der Waals surface area contributed by atoms with Gasteiger partial charge in [-0.25, -0.2) is 0 Å². The van der Waals surface area contributed by atoms with Gasteiger partial charge in [0.15, 0.2) is 11.0 Å². The van der Waals surface area contributed by atoms with Crippen molar-refractivity contribution in [2.24, 2.45) is 13.0 Å². The topological polar surface area (TPSA) is 88.9 Å². The van der Waals surface area contributed by atoms with Crippen LogP contribution in [0.3, 0.4) is 0 Å². The highest BCUT2D eigenvalue weighted by atomic mass is 79.9. The van der Waals surface area contributed by atoms with E-state index in [2.05, 4.69) is 36.8 Å². The Kier molecular flexibility index (Phi) is 8.54. The highest BCUT2D eigenvalue weighted by molar-refractivity contribution is 9.10. The summed E-state index contributed by atoms with van der Waals surface area (Å²) in [4.78, 5) is 25.4. The maximum Gasteiger partial charge on any atom is 0.251 e. The van der Waals surface area contributed by atoms with Crippen LogP contribution in [-0.2, 0) is 11.8 Å². The third-order valence-electron chi connectivity index (χ3n) is 5.47. The van der Waals surface area contributed by atoms with Crippen molar-refractivity contribution < 1.29 is 9.59 Å². The van der Waals surface area contributed by atoms with Crippen molar-refractivity contribution in [2.45, 2.75) is 45.8 Å². The van der Waals surface area contributed by atoms with Crippen molar-refractivity contribution in [3.8, 4) is 0 Å². The molecule has 180 valence electrons.